The van der Waals surface area contributed by atoms with Crippen LogP contribution in [0.25, 0.3) is 0 Å². The van der Waals surface area contributed by atoms with Crippen molar-refractivity contribution < 1.29 is 9.59 Å². The Kier molecular flexibility index (Phi) is 4.95. The Balaban J connectivity index is 2.21. The fraction of sp³-hybridized carbons (Fsp3) is 0.125. The van der Waals surface area contributed by atoms with Gasteiger partial charge in [-0.3, -0.25) is 9.59 Å². The number of halogens is 1. The maximum absolute atomic E-state index is 12.3. The van der Waals surface area contributed by atoms with Gasteiger partial charge in [-0.25, -0.2) is 0 Å². The zero-order valence-electron chi connectivity index (χ0n) is 11.8. The smallest absolute Gasteiger partial charge is 0.256 e. The molecule has 0 heterocycles. The van der Waals surface area contributed by atoms with Crippen molar-refractivity contribution in [3.8, 4) is 0 Å². The third kappa shape index (κ3) is 3.81. The quantitative estimate of drug-likeness (QED) is 0.810. The highest BCUT2D eigenvalue weighted by molar-refractivity contribution is 14.1. The molecule has 0 bridgehead atoms. The average Bonchev–Trinajstić information content (AvgIpc) is 2.47. The molecule has 2 rings (SSSR count). The van der Waals surface area contributed by atoms with Gasteiger partial charge in [-0.05, 0) is 52.9 Å². The summed E-state index contributed by atoms with van der Waals surface area (Å²) in [4.78, 5) is 25.2. The molecular weight excluding hydrogens is 379 g/mol. The molecule has 0 fully saturated rings. The Hall–Kier alpha value is -1.89. The first-order valence-corrected chi connectivity index (χ1v) is 7.47. The summed E-state index contributed by atoms with van der Waals surface area (Å²) >= 11 is 2.13. The van der Waals surface area contributed by atoms with E-state index in [1.165, 1.54) is 11.8 Å². The largest absolute Gasteiger partial charge is 0.322 e. The first-order valence-electron chi connectivity index (χ1n) is 6.39. The van der Waals surface area contributed by atoms with E-state index >= 15 is 0 Å². The van der Waals surface area contributed by atoms with Gasteiger partial charge in [0.2, 0.25) is 5.91 Å². The number of hydrogen-bond donors (Lipinski definition) is 1. The predicted molar refractivity (Wildman–Crippen MR) is 92.6 cm³/mol. The maximum Gasteiger partial charge on any atom is 0.256 e. The highest BCUT2D eigenvalue weighted by Crippen LogP contribution is 2.20. The van der Waals surface area contributed by atoms with Gasteiger partial charge < -0.3 is 10.2 Å². The van der Waals surface area contributed by atoms with Crippen LogP contribution in [-0.2, 0) is 4.79 Å². The molecule has 21 heavy (non-hydrogen) atoms. The molecule has 0 spiro atoms. The van der Waals surface area contributed by atoms with E-state index in [1.54, 1.807) is 31.3 Å². The van der Waals surface area contributed by atoms with Crippen LogP contribution >= 0.6 is 22.6 Å². The summed E-state index contributed by atoms with van der Waals surface area (Å²) in [6, 6.07) is 14.6. The minimum Gasteiger partial charge on any atom is -0.322 e. The van der Waals surface area contributed by atoms with Gasteiger partial charge in [-0.15, -0.1) is 0 Å². The van der Waals surface area contributed by atoms with E-state index in [0.29, 0.717) is 11.3 Å². The lowest BCUT2D eigenvalue weighted by Gasteiger charge is -2.16. The van der Waals surface area contributed by atoms with Gasteiger partial charge in [-0.1, -0.05) is 18.2 Å². The average molecular weight is 394 g/mol. The van der Waals surface area contributed by atoms with Gasteiger partial charge in [0.1, 0.15) is 0 Å². The summed E-state index contributed by atoms with van der Waals surface area (Å²) < 4.78 is 0.893. The summed E-state index contributed by atoms with van der Waals surface area (Å²) in [5.74, 6) is -0.223. The highest BCUT2D eigenvalue weighted by Gasteiger charge is 2.11. The third-order valence-electron chi connectivity index (χ3n) is 3.08. The lowest BCUT2D eigenvalue weighted by atomic mass is 10.2. The van der Waals surface area contributed by atoms with Crippen molar-refractivity contribution in [3.63, 3.8) is 0 Å². The van der Waals surface area contributed by atoms with Crippen LogP contribution in [0.4, 0.5) is 11.4 Å². The molecule has 2 amide bonds. The standard InChI is InChI=1S/C16H15IN2O2/c1-11(20)19(2)13-7-5-6-12(10-13)18-16(21)14-8-3-4-9-15(14)17/h3-10H,1-2H3,(H,18,21). The van der Waals surface area contributed by atoms with E-state index in [4.69, 9.17) is 0 Å². The molecule has 0 radical (unpaired) electrons. The Bertz CT molecular complexity index is 685. The van der Waals surface area contributed by atoms with Gasteiger partial charge in [0.05, 0.1) is 5.56 Å². The molecule has 0 saturated carbocycles. The molecule has 4 nitrogen and oxygen atoms in total. The zero-order chi connectivity index (χ0) is 15.4. The van der Waals surface area contributed by atoms with Crippen molar-refractivity contribution in [2.75, 3.05) is 17.3 Å². The van der Waals surface area contributed by atoms with Crippen molar-refractivity contribution in [2.45, 2.75) is 6.92 Å². The molecule has 0 unspecified atom stereocenters. The second-order valence-corrected chi connectivity index (χ2v) is 5.72. The number of carbonyl (C=O) groups is 2. The summed E-state index contributed by atoms with van der Waals surface area (Å²) in [6.07, 6.45) is 0. The van der Waals surface area contributed by atoms with Crippen molar-refractivity contribution in [3.05, 3.63) is 57.7 Å². The van der Waals surface area contributed by atoms with Gasteiger partial charge in [0, 0.05) is 28.9 Å². The molecule has 2 aromatic rings. The molecule has 0 atom stereocenters. The van der Waals surface area contributed by atoms with E-state index in [9.17, 15) is 9.59 Å². The SMILES string of the molecule is CC(=O)N(C)c1cccc(NC(=O)c2ccccc2I)c1. The van der Waals surface area contributed by atoms with Crippen LogP contribution in [0.15, 0.2) is 48.5 Å². The summed E-state index contributed by atoms with van der Waals surface area (Å²) in [5, 5.41) is 2.85. The molecule has 5 heteroatoms. The van der Waals surface area contributed by atoms with Crippen LogP contribution in [0.5, 0.6) is 0 Å². The zero-order valence-corrected chi connectivity index (χ0v) is 13.9. The number of benzene rings is 2. The number of anilines is 2. The lowest BCUT2D eigenvalue weighted by molar-refractivity contribution is -0.116. The van der Waals surface area contributed by atoms with Gasteiger partial charge in [0.25, 0.3) is 5.91 Å². The third-order valence-corrected chi connectivity index (χ3v) is 4.02. The number of amides is 2. The Labute approximate surface area is 137 Å². The Morgan fingerprint density at radius 2 is 1.81 bits per heavy atom. The number of nitrogens with zero attached hydrogens (tertiary/aromatic N) is 1. The van der Waals surface area contributed by atoms with Crippen LogP contribution in [0.1, 0.15) is 17.3 Å². The highest BCUT2D eigenvalue weighted by atomic mass is 127. The van der Waals surface area contributed by atoms with E-state index in [0.717, 1.165) is 9.26 Å². The Morgan fingerprint density at radius 1 is 1.10 bits per heavy atom. The summed E-state index contributed by atoms with van der Waals surface area (Å²) in [5.41, 5.74) is 2.02. The first-order chi connectivity index (χ1) is 9.99. The van der Waals surface area contributed by atoms with E-state index in [2.05, 4.69) is 27.9 Å². The maximum atomic E-state index is 12.3. The molecule has 2 aromatic carbocycles. The van der Waals surface area contributed by atoms with Gasteiger partial charge in [0.15, 0.2) is 0 Å². The van der Waals surface area contributed by atoms with Crippen LogP contribution in [-0.4, -0.2) is 18.9 Å². The van der Waals surface area contributed by atoms with Crippen molar-refractivity contribution >= 4 is 45.8 Å². The summed E-state index contributed by atoms with van der Waals surface area (Å²) in [6.45, 7) is 1.50. The van der Waals surface area contributed by atoms with Gasteiger partial charge in [-0.2, -0.15) is 0 Å². The lowest BCUT2D eigenvalue weighted by Crippen LogP contribution is -2.23. The first kappa shape index (κ1) is 15.5. The molecular formula is C16H15IN2O2. The molecule has 0 aromatic heterocycles. The van der Waals surface area contributed by atoms with Crippen molar-refractivity contribution in [1.82, 2.24) is 0 Å². The second-order valence-electron chi connectivity index (χ2n) is 4.56. The second kappa shape index (κ2) is 6.71. The molecule has 0 aliphatic heterocycles. The molecule has 0 aliphatic carbocycles. The van der Waals surface area contributed by atoms with Crippen molar-refractivity contribution in [2.24, 2.45) is 0 Å². The Morgan fingerprint density at radius 3 is 2.48 bits per heavy atom. The van der Waals surface area contributed by atoms with Crippen LogP contribution < -0.4 is 10.2 Å². The van der Waals surface area contributed by atoms with E-state index in [-0.39, 0.29) is 11.8 Å². The molecule has 0 saturated heterocycles. The fourth-order valence-corrected chi connectivity index (χ4v) is 2.45. The normalized spacial score (nSPS) is 10.0. The topological polar surface area (TPSA) is 49.4 Å². The van der Waals surface area contributed by atoms with Crippen LogP contribution in [0.2, 0.25) is 0 Å². The fourth-order valence-electron chi connectivity index (χ4n) is 1.82. The number of rotatable bonds is 3. The minimum absolute atomic E-state index is 0.0592. The predicted octanol–water partition coefficient (Wildman–Crippen LogP) is 3.53. The van der Waals surface area contributed by atoms with E-state index < -0.39 is 0 Å². The number of hydrogen-bond acceptors (Lipinski definition) is 2. The van der Waals surface area contributed by atoms with E-state index in [1.807, 2.05) is 24.3 Å². The van der Waals surface area contributed by atoms with Gasteiger partial charge >= 0.3 is 0 Å². The molecule has 0 aliphatic rings. The molecule has 1 N–H and O–H groups in total. The molecule has 108 valence electrons. The number of nitrogens with one attached hydrogen (secondary N) is 1. The van der Waals surface area contributed by atoms with Crippen LogP contribution in [0.3, 0.4) is 0 Å². The van der Waals surface area contributed by atoms with Crippen LogP contribution in [0, 0.1) is 3.57 Å². The summed E-state index contributed by atoms with van der Waals surface area (Å²) in [7, 11) is 1.70. The van der Waals surface area contributed by atoms with Crippen molar-refractivity contribution in [1.29, 1.82) is 0 Å². The minimum atomic E-state index is -0.164. The monoisotopic (exact) mass is 394 g/mol. The number of carbonyl (C=O) groups excluding carboxylic acids is 2.